The number of carbonyl (C=O) groups excluding carboxylic acids is 1. The predicted molar refractivity (Wildman–Crippen MR) is 80.3 cm³/mol. The minimum atomic E-state index is -0.0705. The Morgan fingerprint density at radius 2 is 2.27 bits per heavy atom. The molecule has 2 aromatic heterocycles. The third kappa shape index (κ3) is 2.34. The summed E-state index contributed by atoms with van der Waals surface area (Å²) in [5.41, 5.74) is 2.07. The fraction of sp³-hybridized carbons (Fsp3) is 0.333. The minimum Gasteiger partial charge on any atom is -0.352 e. The van der Waals surface area contributed by atoms with Crippen molar-refractivity contribution in [3.05, 3.63) is 42.0 Å². The molecule has 0 saturated heterocycles. The Kier molecular flexibility index (Phi) is 3.10. The van der Waals surface area contributed by atoms with Gasteiger partial charge >= 0.3 is 0 Å². The van der Waals surface area contributed by atoms with Crippen LogP contribution in [-0.2, 0) is 13.0 Å². The average molecular weight is 296 g/mol. The van der Waals surface area contributed by atoms with Crippen LogP contribution in [0.25, 0.3) is 11.0 Å². The first-order valence-electron chi connectivity index (χ1n) is 7.38. The highest BCUT2D eigenvalue weighted by Gasteiger charge is 2.20. The molecule has 22 heavy (non-hydrogen) atoms. The number of carbonyl (C=O) groups is 1. The van der Waals surface area contributed by atoms with E-state index in [1.54, 1.807) is 18.2 Å². The number of benzene rings is 1. The number of H-pyrrole nitrogens is 1. The maximum Gasteiger partial charge on any atom is 0.251 e. The van der Waals surface area contributed by atoms with E-state index < -0.39 is 0 Å². The molecule has 3 aromatic rings. The standard InChI is InChI=1S/C15H16N6O/c22-15(11-1-2-12-13(8-11)19-20-18-12)17-9-10-3-5-21-6-4-16-14(21)7-10/h1-2,4,6,8,10H,3,5,7,9H2,(H,17,22)(H,18,19,20)/t10-/m0/s1. The van der Waals surface area contributed by atoms with Crippen molar-refractivity contribution >= 4 is 16.9 Å². The third-order valence-electron chi connectivity index (χ3n) is 4.18. The molecule has 1 aliphatic heterocycles. The Labute approximate surface area is 126 Å². The van der Waals surface area contributed by atoms with Gasteiger partial charge in [0.05, 0.1) is 0 Å². The summed E-state index contributed by atoms with van der Waals surface area (Å²) >= 11 is 0. The van der Waals surface area contributed by atoms with Crippen LogP contribution in [0.3, 0.4) is 0 Å². The fourth-order valence-corrected chi connectivity index (χ4v) is 2.91. The van der Waals surface area contributed by atoms with E-state index in [2.05, 4.69) is 30.3 Å². The molecule has 4 rings (SSSR count). The van der Waals surface area contributed by atoms with E-state index in [1.807, 2.05) is 12.4 Å². The quantitative estimate of drug-likeness (QED) is 0.758. The van der Waals surface area contributed by atoms with Crippen LogP contribution in [0.2, 0.25) is 0 Å². The van der Waals surface area contributed by atoms with Crippen LogP contribution in [0.4, 0.5) is 0 Å². The topological polar surface area (TPSA) is 88.5 Å². The van der Waals surface area contributed by atoms with Crippen LogP contribution in [0.1, 0.15) is 22.6 Å². The molecule has 1 aliphatic rings. The zero-order valence-electron chi connectivity index (χ0n) is 12.0. The molecule has 0 radical (unpaired) electrons. The molecule has 0 spiro atoms. The molecule has 2 N–H and O–H groups in total. The SMILES string of the molecule is O=C(NC[C@H]1CCn2ccnc2C1)c1ccc2n[nH]nc2c1. The van der Waals surface area contributed by atoms with Gasteiger partial charge < -0.3 is 9.88 Å². The normalized spacial score (nSPS) is 17.4. The number of hydrogen-bond donors (Lipinski definition) is 2. The molecule has 0 bridgehead atoms. The second-order valence-corrected chi connectivity index (χ2v) is 5.63. The van der Waals surface area contributed by atoms with E-state index in [1.165, 1.54) is 0 Å². The average Bonchev–Trinajstić information content (AvgIpc) is 3.19. The molecule has 7 heteroatoms. The summed E-state index contributed by atoms with van der Waals surface area (Å²) in [5.74, 6) is 1.47. The number of fused-ring (bicyclic) bond motifs is 2. The van der Waals surface area contributed by atoms with Gasteiger partial charge in [0, 0.05) is 37.5 Å². The number of rotatable bonds is 3. The van der Waals surface area contributed by atoms with Gasteiger partial charge in [0.2, 0.25) is 0 Å². The highest BCUT2D eigenvalue weighted by atomic mass is 16.1. The Morgan fingerprint density at radius 3 is 3.23 bits per heavy atom. The van der Waals surface area contributed by atoms with Crippen molar-refractivity contribution in [1.29, 1.82) is 0 Å². The highest BCUT2D eigenvalue weighted by molar-refractivity contribution is 5.97. The Hall–Kier alpha value is -2.70. The second kappa shape index (κ2) is 5.25. The number of nitrogens with one attached hydrogen (secondary N) is 2. The first-order valence-corrected chi connectivity index (χ1v) is 7.38. The van der Waals surface area contributed by atoms with Crippen LogP contribution in [0.15, 0.2) is 30.6 Å². The van der Waals surface area contributed by atoms with Gasteiger partial charge in [-0.3, -0.25) is 4.79 Å². The van der Waals surface area contributed by atoms with E-state index in [-0.39, 0.29) is 5.91 Å². The Balaban J connectivity index is 1.40. The van der Waals surface area contributed by atoms with E-state index in [4.69, 9.17) is 0 Å². The van der Waals surface area contributed by atoms with Crippen molar-refractivity contribution in [2.45, 2.75) is 19.4 Å². The fourth-order valence-electron chi connectivity index (χ4n) is 2.91. The molecular formula is C15H16N6O. The van der Waals surface area contributed by atoms with Crippen LogP contribution < -0.4 is 5.32 Å². The molecular weight excluding hydrogens is 280 g/mol. The van der Waals surface area contributed by atoms with Crippen LogP contribution in [-0.4, -0.2) is 37.4 Å². The molecule has 0 aliphatic carbocycles. The van der Waals surface area contributed by atoms with Crippen LogP contribution in [0, 0.1) is 5.92 Å². The Morgan fingerprint density at radius 1 is 1.36 bits per heavy atom. The predicted octanol–water partition coefficient (Wildman–Crippen LogP) is 1.15. The third-order valence-corrected chi connectivity index (χ3v) is 4.18. The molecule has 3 heterocycles. The van der Waals surface area contributed by atoms with Crippen molar-refractivity contribution in [3.63, 3.8) is 0 Å². The molecule has 1 amide bonds. The number of amides is 1. The summed E-state index contributed by atoms with van der Waals surface area (Å²) in [5, 5.41) is 13.5. The van der Waals surface area contributed by atoms with Gasteiger partial charge in [-0.1, -0.05) is 0 Å². The minimum absolute atomic E-state index is 0.0705. The summed E-state index contributed by atoms with van der Waals surface area (Å²) in [6.07, 6.45) is 5.82. The monoisotopic (exact) mass is 296 g/mol. The number of nitrogens with zero attached hydrogens (tertiary/aromatic N) is 4. The Bertz CT molecular complexity index is 820. The lowest BCUT2D eigenvalue weighted by Gasteiger charge is -2.23. The smallest absolute Gasteiger partial charge is 0.251 e. The molecule has 0 unspecified atom stereocenters. The summed E-state index contributed by atoms with van der Waals surface area (Å²) in [4.78, 5) is 16.6. The maximum atomic E-state index is 12.3. The van der Waals surface area contributed by atoms with Gasteiger partial charge in [-0.25, -0.2) is 4.98 Å². The summed E-state index contributed by atoms with van der Waals surface area (Å²) < 4.78 is 2.18. The van der Waals surface area contributed by atoms with E-state index in [0.29, 0.717) is 23.5 Å². The number of aryl methyl sites for hydroxylation is 1. The molecule has 0 saturated carbocycles. The van der Waals surface area contributed by atoms with Crippen molar-refractivity contribution in [2.24, 2.45) is 5.92 Å². The van der Waals surface area contributed by atoms with Gasteiger partial charge in [-0.15, -0.1) is 0 Å². The number of aromatic nitrogens is 5. The van der Waals surface area contributed by atoms with Crippen LogP contribution in [0.5, 0.6) is 0 Å². The first kappa shape index (κ1) is 13.0. The lowest BCUT2D eigenvalue weighted by atomic mass is 9.97. The van der Waals surface area contributed by atoms with Gasteiger partial charge in [0.15, 0.2) is 0 Å². The van der Waals surface area contributed by atoms with E-state index >= 15 is 0 Å². The van der Waals surface area contributed by atoms with Gasteiger partial charge in [0.25, 0.3) is 5.91 Å². The van der Waals surface area contributed by atoms with Gasteiger partial charge in [-0.05, 0) is 30.5 Å². The largest absolute Gasteiger partial charge is 0.352 e. The van der Waals surface area contributed by atoms with Crippen LogP contribution >= 0.6 is 0 Å². The summed E-state index contributed by atoms with van der Waals surface area (Å²) in [6, 6.07) is 5.32. The van der Waals surface area contributed by atoms with Crippen molar-refractivity contribution in [3.8, 4) is 0 Å². The zero-order valence-corrected chi connectivity index (χ0v) is 12.0. The van der Waals surface area contributed by atoms with Crippen molar-refractivity contribution in [1.82, 2.24) is 30.3 Å². The molecule has 0 fully saturated rings. The molecule has 1 aromatic carbocycles. The maximum absolute atomic E-state index is 12.3. The summed E-state index contributed by atoms with van der Waals surface area (Å²) in [7, 11) is 0. The lowest BCUT2D eigenvalue weighted by Crippen LogP contribution is -2.33. The molecule has 7 nitrogen and oxygen atoms in total. The number of hydrogen-bond acceptors (Lipinski definition) is 4. The highest BCUT2D eigenvalue weighted by Crippen LogP contribution is 2.18. The second-order valence-electron chi connectivity index (χ2n) is 5.63. The number of imidazole rings is 1. The lowest BCUT2D eigenvalue weighted by molar-refractivity contribution is 0.0944. The van der Waals surface area contributed by atoms with Crippen molar-refractivity contribution in [2.75, 3.05) is 6.54 Å². The van der Waals surface area contributed by atoms with E-state index in [9.17, 15) is 4.79 Å². The van der Waals surface area contributed by atoms with Gasteiger partial charge in [0.1, 0.15) is 16.9 Å². The first-order chi connectivity index (χ1) is 10.8. The van der Waals surface area contributed by atoms with E-state index in [0.717, 1.165) is 30.7 Å². The van der Waals surface area contributed by atoms with Crippen molar-refractivity contribution < 1.29 is 4.79 Å². The molecule has 112 valence electrons. The molecule has 1 atom stereocenters. The summed E-state index contributed by atoms with van der Waals surface area (Å²) in [6.45, 7) is 1.64. The number of aromatic amines is 1. The zero-order chi connectivity index (χ0) is 14.9. The van der Waals surface area contributed by atoms with Gasteiger partial charge in [-0.2, -0.15) is 15.4 Å².